The molecule has 234 valence electrons. The highest BCUT2D eigenvalue weighted by molar-refractivity contribution is 7.26. The van der Waals surface area contributed by atoms with Crippen LogP contribution in [0.3, 0.4) is 0 Å². The fourth-order valence-electron chi connectivity index (χ4n) is 7.91. The van der Waals surface area contributed by atoms with Crippen LogP contribution in [0.1, 0.15) is 0 Å². The minimum absolute atomic E-state index is 1.14. The van der Waals surface area contributed by atoms with E-state index in [9.17, 15) is 0 Å². The Balaban J connectivity index is 1.19. The van der Waals surface area contributed by atoms with E-state index in [0.717, 1.165) is 11.4 Å². The van der Waals surface area contributed by atoms with E-state index in [-0.39, 0.29) is 0 Å². The molecule has 0 amide bonds. The molecule has 0 aliphatic carbocycles. The second kappa shape index (κ2) is 10.8. The Bertz CT molecular complexity index is 3110. The van der Waals surface area contributed by atoms with Crippen molar-refractivity contribution < 1.29 is 0 Å². The first-order valence-electron chi connectivity index (χ1n) is 16.9. The van der Waals surface area contributed by atoms with Crippen molar-refractivity contribution in [3.63, 3.8) is 0 Å². The zero-order valence-corrected chi connectivity index (χ0v) is 28.5. The molecule has 0 aliphatic heterocycles. The number of benzene rings is 8. The molecule has 0 saturated carbocycles. The smallest absolute Gasteiger partial charge is 0.0554 e. The topological polar surface area (TPSA) is 8.17 Å². The Kier molecular flexibility index (Phi) is 6.03. The van der Waals surface area contributed by atoms with Crippen LogP contribution < -0.4 is 4.90 Å². The molecule has 11 rings (SSSR count). The van der Waals surface area contributed by atoms with Crippen molar-refractivity contribution >= 4 is 113 Å². The summed E-state index contributed by atoms with van der Waals surface area (Å²) in [5.74, 6) is 0. The third-order valence-corrected chi connectivity index (χ3v) is 12.4. The molecule has 0 saturated heterocycles. The third-order valence-electron chi connectivity index (χ3n) is 10.1. The van der Waals surface area contributed by atoms with E-state index in [1.54, 1.807) is 0 Å². The first-order chi connectivity index (χ1) is 24.8. The first-order valence-corrected chi connectivity index (χ1v) is 18.6. The number of hydrogen-bond acceptors (Lipinski definition) is 3. The molecule has 0 N–H and O–H groups in total. The molecule has 0 radical (unpaired) electrons. The molecule has 0 unspecified atom stereocenters. The molecule has 0 aliphatic rings. The molecule has 8 aromatic carbocycles. The van der Waals surface area contributed by atoms with E-state index in [4.69, 9.17) is 0 Å². The third kappa shape index (κ3) is 4.13. The quantitative estimate of drug-likeness (QED) is 0.181. The summed E-state index contributed by atoms with van der Waals surface area (Å²) < 4.78 is 7.61. The van der Waals surface area contributed by atoms with Crippen molar-refractivity contribution in [3.8, 4) is 5.69 Å². The van der Waals surface area contributed by atoms with Gasteiger partial charge in [0.25, 0.3) is 0 Å². The summed E-state index contributed by atoms with van der Waals surface area (Å²) in [5.41, 5.74) is 7.07. The van der Waals surface area contributed by atoms with Crippen LogP contribution in [0.25, 0.3) is 78.6 Å². The van der Waals surface area contributed by atoms with E-state index in [2.05, 4.69) is 179 Å². The molecular formula is C46H28N2S2. The fourth-order valence-corrected chi connectivity index (χ4v) is 10.2. The monoisotopic (exact) mass is 672 g/mol. The summed E-state index contributed by atoms with van der Waals surface area (Å²) in [5, 5.41) is 10.3. The average Bonchev–Trinajstić information content (AvgIpc) is 3.83. The van der Waals surface area contributed by atoms with Crippen LogP contribution in [-0.4, -0.2) is 4.57 Å². The minimum Gasteiger partial charge on any atom is -0.310 e. The van der Waals surface area contributed by atoms with Gasteiger partial charge in [-0.1, -0.05) is 91.0 Å². The molecule has 3 aromatic heterocycles. The predicted octanol–water partition coefficient (Wildman–Crippen LogP) is 14.1. The number of thiophene rings is 2. The van der Waals surface area contributed by atoms with Crippen LogP contribution in [0.2, 0.25) is 0 Å². The van der Waals surface area contributed by atoms with Gasteiger partial charge in [-0.15, -0.1) is 22.7 Å². The van der Waals surface area contributed by atoms with Crippen molar-refractivity contribution in [1.29, 1.82) is 0 Å². The zero-order valence-electron chi connectivity index (χ0n) is 26.9. The normalized spacial score (nSPS) is 12.0. The van der Waals surface area contributed by atoms with Gasteiger partial charge in [0, 0.05) is 68.2 Å². The number of aromatic nitrogens is 1. The SMILES string of the molecule is c1ccc(-n2c3ccccc3c3cc(N(c4ccc5c(c4)sc4cc6ccccc6cc45)c4cccc5sc6ccccc6c45)ccc32)cc1. The number of fused-ring (bicyclic) bond motifs is 10. The number of rotatable bonds is 4. The van der Waals surface area contributed by atoms with E-state index in [1.807, 2.05) is 22.7 Å². The highest BCUT2D eigenvalue weighted by Crippen LogP contribution is 2.47. The van der Waals surface area contributed by atoms with Gasteiger partial charge in [0.05, 0.1) is 16.7 Å². The maximum atomic E-state index is 2.48. The van der Waals surface area contributed by atoms with Crippen molar-refractivity contribution in [1.82, 2.24) is 4.57 Å². The van der Waals surface area contributed by atoms with Gasteiger partial charge in [-0.25, -0.2) is 0 Å². The Labute approximate surface area is 296 Å². The summed E-state index contributed by atoms with van der Waals surface area (Å²) in [6, 6.07) is 62.5. The van der Waals surface area contributed by atoms with Gasteiger partial charge in [0.1, 0.15) is 0 Å². The minimum atomic E-state index is 1.14. The van der Waals surface area contributed by atoms with E-state index >= 15 is 0 Å². The van der Waals surface area contributed by atoms with Gasteiger partial charge in [0.15, 0.2) is 0 Å². The van der Waals surface area contributed by atoms with Gasteiger partial charge in [0.2, 0.25) is 0 Å². The lowest BCUT2D eigenvalue weighted by Crippen LogP contribution is -2.10. The average molecular weight is 673 g/mol. The lowest BCUT2D eigenvalue weighted by Gasteiger charge is -2.27. The second-order valence-electron chi connectivity index (χ2n) is 13.0. The van der Waals surface area contributed by atoms with Crippen molar-refractivity contribution in [2.45, 2.75) is 0 Å². The zero-order chi connectivity index (χ0) is 32.8. The Hall–Kier alpha value is -5.94. The van der Waals surface area contributed by atoms with Crippen LogP contribution in [0.5, 0.6) is 0 Å². The van der Waals surface area contributed by atoms with E-state index in [1.165, 1.54) is 84.3 Å². The van der Waals surface area contributed by atoms with Crippen molar-refractivity contribution in [3.05, 3.63) is 170 Å². The summed E-state index contributed by atoms with van der Waals surface area (Å²) >= 11 is 3.75. The van der Waals surface area contributed by atoms with Crippen molar-refractivity contribution in [2.24, 2.45) is 0 Å². The van der Waals surface area contributed by atoms with E-state index in [0.29, 0.717) is 0 Å². The van der Waals surface area contributed by atoms with Crippen LogP contribution in [0.4, 0.5) is 17.1 Å². The fraction of sp³-hybridized carbons (Fsp3) is 0. The van der Waals surface area contributed by atoms with Gasteiger partial charge in [-0.05, 0) is 89.6 Å². The van der Waals surface area contributed by atoms with Gasteiger partial charge < -0.3 is 9.47 Å². The highest BCUT2D eigenvalue weighted by Gasteiger charge is 2.21. The summed E-state index contributed by atoms with van der Waals surface area (Å²) in [7, 11) is 0. The molecule has 0 fully saturated rings. The Morgan fingerprint density at radius 3 is 1.94 bits per heavy atom. The lowest BCUT2D eigenvalue weighted by atomic mass is 10.0. The number of hydrogen-bond donors (Lipinski definition) is 0. The van der Waals surface area contributed by atoms with Crippen LogP contribution in [-0.2, 0) is 0 Å². The largest absolute Gasteiger partial charge is 0.310 e. The lowest BCUT2D eigenvalue weighted by molar-refractivity contribution is 1.18. The molecule has 4 heteroatoms. The first kappa shape index (κ1) is 28.0. The molecule has 11 aromatic rings. The molecular weight excluding hydrogens is 645 g/mol. The molecule has 3 heterocycles. The number of nitrogens with zero attached hydrogens (tertiary/aromatic N) is 2. The van der Waals surface area contributed by atoms with E-state index < -0.39 is 0 Å². The number of anilines is 3. The predicted molar refractivity (Wildman–Crippen MR) is 219 cm³/mol. The molecule has 50 heavy (non-hydrogen) atoms. The van der Waals surface area contributed by atoms with Crippen LogP contribution >= 0.6 is 22.7 Å². The molecule has 0 atom stereocenters. The van der Waals surface area contributed by atoms with Gasteiger partial charge in [-0.2, -0.15) is 0 Å². The summed E-state index contributed by atoms with van der Waals surface area (Å²) in [6.07, 6.45) is 0. The van der Waals surface area contributed by atoms with Crippen LogP contribution in [0, 0.1) is 0 Å². The summed E-state index contributed by atoms with van der Waals surface area (Å²) in [4.78, 5) is 2.48. The maximum Gasteiger partial charge on any atom is 0.0554 e. The summed E-state index contributed by atoms with van der Waals surface area (Å²) in [6.45, 7) is 0. The molecule has 0 spiro atoms. The Morgan fingerprint density at radius 2 is 1.04 bits per heavy atom. The maximum absolute atomic E-state index is 2.48. The van der Waals surface area contributed by atoms with Crippen molar-refractivity contribution in [2.75, 3.05) is 4.90 Å². The van der Waals surface area contributed by atoms with Crippen LogP contribution in [0.15, 0.2) is 170 Å². The van der Waals surface area contributed by atoms with Gasteiger partial charge >= 0.3 is 0 Å². The standard InChI is InChI=1S/C46H28N2S2/c1-2-13-31(14-3-1)48-39-17-8-6-15-34(39)37-27-32(22-24-40(37)48)47(41-18-10-20-43-46(41)36-16-7-9-19-42(36)49-43)33-21-23-35-38-25-29-11-4-5-12-30(29)26-44(38)50-45(35)28-33/h1-28H. The highest BCUT2D eigenvalue weighted by atomic mass is 32.1. The Morgan fingerprint density at radius 1 is 0.380 bits per heavy atom. The molecule has 0 bridgehead atoms. The second-order valence-corrected chi connectivity index (χ2v) is 15.1. The number of para-hydroxylation sites is 2. The van der Waals surface area contributed by atoms with Gasteiger partial charge in [-0.3, -0.25) is 0 Å². The molecule has 2 nitrogen and oxygen atoms in total.